The van der Waals surface area contributed by atoms with Crippen molar-refractivity contribution < 1.29 is 14.4 Å². The Labute approximate surface area is 190 Å². The van der Waals surface area contributed by atoms with Crippen LogP contribution in [0.2, 0.25) is 5.02 Å². The summed E-state index contributed by atoms with van der Waals surface area (Å²) in [5.74, 6) is -0.0769. The number of phenolic OH excluding ortho intramolecular Hbond substituents is 1. The van der Waals surface area contributed by atoms with Gasteiger partial charge in [-0.3, -0.25) is 9.97 Å². The second-order valence-electron chi connectivity index (χ2n) is 7.98. The predicted octanol–water partition coefficient (Wildman–Crippen LogP) is 3.62. The van der Waals surface area contributed by atoms with Crippen molar-refractivity contribution in [2.75, 3.05) is 31.1 Å². The van der Waals surface area contributed by atoms with Gasteiger partial charge in [0.1, 0.15) is 17.0 Å². The van der Waals surface area contributed by atoms with E-state index in [0.717, 1.165) is 24.2 Å². The van der Waals surface area contributed by atoms with Crippen LogP contribution in [0.5, 0.6) is 5.75 Å². The minimum atomic E-state index is -0.220. The maximum Gasteiger partial charge on any atom is 0.160 e. The van der Waals surface area contributed by atoms with E-state index in [1.807, 2.05) is 42.5 Å². The van der Waals surface area contributed by atoms with Gasteiger partial charge in [0.15, 0.2) is 11.8 Å². The van der Waals surface area contributed by atoms with Crippen molar-refractivity contribution >= 4 is 28.2 Å². The molecule has 2 N–H and O–H groups in total. The number of rotatable bonds is 4. The smallest absolute Gasteiger partial charge is 0.160 e. The van der Waals surface area contributed by atoms with E-state index in [-0.39, 0.29) is 17.6 Å². The minimum Gasteiger partial charge on any atom is -0.505 e. The lowest BCUT2D eigenvalue weighted by Crippen LogP contribution is -3.15. The quantitative estimate of drug-likeness (QED) is 0.499. The molecule has 3 heterocycles. The highest BCUT2D eigenvalue weighted by Crippen LogP contribution is 2.37. The lowest BCUT2D eigenvalue weighted by molar-refractivity contribution is -0.926. The fraction of sp³-hybridized carbons (Fsp3) is 0.200. The van der Waals surface area contributed by atoms with Crippen molar-refractivity contribution in [1.29, 1.82) is 0 Å². The summed E-state index contributed by atoms with van der Waals surface area (Å²) in [5.41, 5.74) is 2.67. The summed E-state index contributed by atoms with van der Waals surface area (Å²) >= 11 is 6.59. The summed E-state index contributed by atoms with van der Waals surface area (Å²) in [6.07, 6.45) is 3.41. The number of anilines is 1. The number of halogens is 2. The lowest BCUT2D eigenvalue weighted by atomic mass is 9.97. The molecule has 0 spiro atoms. The number of quaternary nitrogens is 1. The van der Waals surface area contributed by atoms with E-state index in [1.54, 1.807) is 24.5 Å². The van der Waals surface area contributed by atoms with Crippen molar-refractivity contribution in [3.63, 3.8) is 0 Å². The normalized spacial score (nSPS) is 15.8. The van der Waals surface area contributed by atoms with Crippen molar-refractivity contribution in [2.24, 2.45) is 0 Å². The monoisotopic (exact) mass is 449 g/mol. The first-order valence-electron chi connectivity index (χ1n) is 10.6. The van der Waals surface area contributed by atoms with Gasteiger partial charge in [0.25, 0.3) is 0 Å². The topological polar surface area (TPSA) is 53.7 Å². The number of aromatic nitrogens is 2. The van der Waals surface area contributed by atoms with E-state index in [0.29, 0.717) is 34.9 Å². The van der Waals surface area contributed by atoms with Gasteiger partial charge in [0.05, 0.1) is 42.5 Å². The number of para-hydroxylation sites is 1. The average Bonchev–Trinajstić information content (AvgIpc) is 2.84. The second-order valence-corrected chi connectivity index (χ2v) is 8.39. The van der Waals surface area contributed by atoms with Crippen LogP contribution in [0.3, 0.4) is 0 Å². The maximum atomic E-state index is 14.3. The number of piperazine rings is 1. The van der Waals surface area contributed by atoms with Crippen LogP contribution in [-0.4, -0.2) is 41.3 Å². The summed E-state index contributed by atoms with van der Waals surface area (Å²) in [5, 5.41) is 12.4. The molecule has 1 unspecified atom stereocenters. The lowest BCUT2D eigenvalue weighted by Gasteiger charge is -2.37. The highest BCUT2D eigenvalue weighted by Gasteiger charge is 2.34. The van der Waals surface area contributed by atoms with E-state index < -0.39 is 0 Å². The molecule has 5 nitrogen and oxygen atoms in total. The highest BCUT2D eigenvalue weighted by atomic mass is 35.5. The summed E-state index contributed by atoms with van der Waals surface area (Å²) in [4.78, 5) is 12.3. The van der Waals surface area contributed by atoms with Gasteiger partial charge in [0, 0.05) is 17.8 Å². The molecule has 1 aliphatic rings. The number of phenols is 1. The second kappa shape index (κ2) is 8.73. The minimum absolute atomic E-state index is 0.129. The molecular weight excluding hydrogens is 427 g/mol. The summed E-state index contributed by atoms with van der Waals surface area (Å²) < 4.78 is 14.3. The van der Waals surface area contributed by atoms with E-state index >= 15 is 0 Å². The third-order valence-corrected chi connectivity index (χ3v) is 6.46. The van der Waals surface area contributed by atoms with E-state index in [4.69, 9.17) is 11.6 Å². The number of hydrogen-bond donors (Lipinski definition) is 2. The summed E-state index contributed by atoms with van der Waals surface area (Å²) in [6, 6.07) is 17.9. The van der Waals surface area contributed by atoms with Crippen LogP contribution in [0, 0.1) is 5.82 Å². The number of hydrogen-bond acceptors (Lipinski definition) is 4. The molecule has 2 aromatic heterocycles. The first-order valence-corrected chi connectivity index (χ1v) is 11.0. The molecule has 4 aromatic rings. The van der Waals surface area contributed by atoms with Crippen LogP contribution in [0.15, 0.2) is 73.1 Å². The molecule has 1 atom stereocenters. The van der Waals surface area contributed by atoms with Gasteiger partial charge in [-0.2, -0.15) is 0 Å². The Hall–Kier alpha value is -3.22. The molecule has 7 heteroatoms. The fourth-order valence-corrected chi connectivity index (χ4v) is 4.86. The van der Waals surface area contributed by atoms with Gasteiger partial charge in [-0.05, 0) is 42.5 Å². The molecule has 1 saturated heterocycles. The Balaban J connectivity index is 1.52. The Kier molecular flexibility index (Phi) is 5.64. The van der Waals surface area contributed by atoms with Crippen LogP contribution in [0.25, 0.3) is 10.9 Å². The molecule has 2 aromatic carbocycles. The van der Waals surface area contributed by atoms with Gasteiger partial charge < -0.3 is 14.9 Å². The zero-order chi connectivity index (χ0) is 22.1. The molecular formula is C25H23ClFN4O+. The number of fused-ring (bicyclic) bond motifs is 1. The van der Waals surface area contributed by atoms with Crippen LogP contribution in [0.4, 0.5) is 10.1 Å². The van der Waals surface area contributed by atoms with Crippen molar-refractivity contribution in [3.05, 3.63) is 95.2 Å². The van der Waals surface area contributed by atoms with Crippen LogP contribution in [-0.2, 0) is 0 Å². The molecule has 32 heavy (non-hydrogen) atoms. The SMILES string of the molecule is Oc1c(C(c2ccccn2)[NH+]2CCN(c3ccccc3F)CC2)cc(Cl)c2cccnc12. The highest BCUT2D eigenvalue weighted by molar-refractivity contribution is 6.35. The molecule has 1 fully saturated rings. The standard InChI is InChI=1S/C25H22ClFN4O/c26-19-16-18(25(32)23-17(19)6-5-11-29-23)24(21-8-3-4-10-28-21)31-14-12-30(13-15-31)22-9-2-1-7-20(22)27/h1-11,16,24,32H,12-15H2/p+1. The van der Waals surface area contributed by atoms with E-state index in [9.17, 15) is 9.50 Å². The third-order valence-electron chi connectivity index (χ3n) is 6.15. The number of pyridine rings is 2. The van der Waals surface area contributed by atoms with Crippen molar-refractivity contribution in [3.8, 4) is 5.75 Å². The fourth-order valence-electron chi connectivity index (χ4n) is 4.59. The largest absolute Gasteiger partial charge is 0.505 e. The Morgan fingerprint density at radius 3 is 2.47 bits per heavy atom. The summed E-state index contributed by atoms with van der Waals surface area (Å²) in [7, 11) is 0. The molecule has 1 aliphatic heterocycles. The van der Waals surface area contributed by atoms with E-state index in [1.165, 1.54) is 11.0 Å². The van der Waals surface area contributed by atoms with Gasteiger partial charge in [0.2, 0.25) is 0 Å². The molecule has 0 radical (unpaired) electrons. The Morgan fingerprint density at radius 1 is 0.969 bits per heavy atom. The number of aromatic hydroxyl groups is 1. The van der Waals surface area contributed by atoms with Gasteiger partial charge in [-0.15, -0.1) is 0 Å². The zero-order valence-electron chi connectivity index (χ0n) is 17.4. The number of nitrogens with one attached hydrogen (secondary N) is 1. The van der Waals surface area contributed by atoms with Gasteiger partial charge in [-0.1, -0.05) is 29.8 Å². The molecule has 0 aliphatic carbocycles. The molecule has 0 bridgehead atoms. The Bertz CT molecular complexity index is 1250. The molecule has 0 amide bonds. The van der Waals surface area contributed by atoms with Gasteiger partial charge in [-0.25, -0.2) is 4.39 Å². The third kappa shape index (κ3) is 3.76. The number of nitrogens with zero attached hydrogens (tertiary/aromatic N) is 3. The van der Waals surface area contributed by atoms with Gasteiger partial charge >= 0.3 is 0 Å². The van der Waals surface area contributed by atoms with Crippen LogP contribution in [0.1, 0.15) is 17.3 Å². The Morgan fingerprint density at radius 2 is 1.72 bits per heavy atom. The van der Waals surface area contributed by atoms with Crippen molar-refractivity contribution in [1.82, 2.24) is 9.97 Å². The predicted molar refractivity (Wildman–Crippen MR) is 124 cm³/mol. The van der Waals surface area contributed by atoms with Crippen molar-refractivity contribution in [2.45, 2.75) is 6.04 Å². The molecule has 5 rings (SSSR count). The van der Waals surface area contributed by atoms with Crippen LogP contribution >= 0.6 is 11.6 Å². The average molecular weight is 450 g/mol. The maximum absolute atomic E-state index is 14.3. The zero-order valence-corrected chi connectivity index (χ0v) is 18.1. The molecule has 0 saturated carbocycles. The van der Waals surface area contributed by atoms with Crippen LogP contribution < -0.4 is 9.80 Å². The van der Waals surface area contributed by atoms with E-state index in [2.05, 4.69) is 14.9 Å². The molecule has 162 valence electrons. The summed E-state index contributed by atoms with van der Waals surface area (Å²) in [6.45, 7) is 2.90. The number of benzene rings is 2. The first-order chi connectivity index (χ1) is 15.6. The first kappa shape index (κ1) is 20.7.